The minimum Gasteiger partial charge on any atom is -0.385 e. The molecule has 0 heterocycles. The standard InChI is InChI=1S/C13H16F3N/c14-13(15,16)7-2-8-17-12-6-5-10-3-1-4-11(10)9-12/h5-6,9,17H,1-4,7-8H2. The summed E-state index contributed by atoms with van der Waals surface area (Å²) in [5.41, 5.74) is 3.66. The SMILES string of the molecule is FC(F)(F)CCCNc1ccc2c(c1)CCC2. The summed E-state index contributed by atoms with van der Waals surface area (Å²) in [5.74, 6) is 0. The predicted octanol–water partition coefficient (Wildman–Crippen LogP) is 3.93. The van der Waals surface area contributed by atoms with E-state index >= 15 is 0 Å². The molecule has 1 aliphatic rings. The molecule has 17 heavy (non-hydrogen) atoms. The van der Waals surface area contributed by atoms with E-state index in [2.05, 4.69) is 17.4 Å². The van der Waals surface area contributed by atoms with Gasteiger partial charge >= 0.3 is 6.18 Å². The van der Waals surface area contributed by atoms with Crippen molar-refractivity contribution < 1.29 is 13.2 Å². The van der Waals surface area contributed by atoms with Gasteiger partial charge in [0.2, 0.25) is 0 Å². The molecule has 0 unspecified atom stereocenters. The Morgan fingerprint density at radius 3 is 2.65 bits per heavy atom. The fraction of sp³-hybridized carbons (Fsp3) is 0.538. The van der Waals surface area contributed by atoms with E-state index in [1.54, 1.807) is 0 Å². The monoisotopic (exact) mass is 243 g/mol. The van der Waals surface area contributed by atoms with Crippen molar-refractivity contribution in [1.29, 1.82) is 0 Å². The van der Waals surface area contributed by atoms with Crippen molar-refractivity contribution in [2.45, 2.75) is 38.3 Å². The summed E-state index contributed by atoms with van der Waals surface area (Å²) >= 11 is 0. The maximum absolute atomic E-state index is 11.9. The Kier molecular flexibility index (Phi) is 3.60. The zero-order valence-electron chi connectivity index (χ0n) is 9.61. The summed E-state index contributed by atoms with van der Waals surface area (Å²) in [6, 6.07) is 6.10. The van der Waals surface area contributed by atoms with Gasteiger partial charge in [0, 0.05) is 18.7 Å². The van der Waals surface area contributed by atoms with Crippen LogP contribution >= 0.6 is 0 Å². The molecule has 0 bridgehead atoms. The number of hydrogen-bond acceptors (Lipinski definition) is 1. The minimum atomic E-state index is -4.04. The highest BCUT2D eigenvalue weighted by Gasteiger charge is 2.25. The van der Waals surface area contributed by atoms with E-state index in [1.165, 1.54) is 17.5 Å². The maximum atomic E-state index is 11.9. The van der Waals surface area contributed by atoms with E-state index in [9.17, 15) is 13.2 Å². The number of halogens is 3. The Hall–Kier alpha value is -1.19. The fourth-order valence-corrected chi connectivity index (χ4v) is 2.20. The van der Waals surface area contributed by atoms with Gasteiger partial charge in [-0.25, -0.2) is 0 Å². The van der Waals surface area contributed by atoms with Crippen LogP contribution < -0.4 is 5.32 Å². The lowest BCUT2D eigenvalue weighted by molar-refractivity contribution is -0.134. The highest BCUT2D eigenvalue weighted by atomic mass is 19.4. The quantitative estimate of drug-likeness (QED) is 0.790. The van der Waals surface area contributed by atoms with E-state index in [4.69, 9.17) is 0 Å². The molecule has 0 saturated carbocycles. The molecule has 0 atom stereocenters. The molecular weight excluding hydrogens is 227 g/mol. The summed E-state index contributed by atoms with van der Waals surface area (Å²) in [7, 11) is 0. The molecule has 1 nitrogen and oxygen atoms in total. The molecule has 94 valence electrons. The highest BCUT2D eigenvalue weighted by Crippen LogP contribution is 2.25. The lowest BCUT2D eigenvalue weighted by atomic mass is 10.1. The topological polar surface area (TPSA) is 12.0 Å². The van der Waals surface area contributed by atoms with Gasteiger partial charge in [0.05, 0.1) is 0 Å². The molecule has 1 aliphatic carbocycles. The smallest absolute Gasteiger partial charge is 0.385 e. The molecule has 1 aromatic carbocycles. The Morgan fingerprint density at radius 2 is 1.88 bits per heavy atom. The van der Waals surface area contributed by atoms with Gasteiger partial charge in [-0.05, 0) is 48.9 Å². The van der Waals surface area contributed by atoms with Crippen LogP contribution in [0.1, 0.15) is 30.4 Å². The molecule has 0 aromatic heterocycles. The molecule has 4 heteroatoms. The zero-order chi connectivity index (χ0) is 12.3. The molecule has 0 saturated heterocycles. The van der Waals surface area contributed by atoms with Gasteiger partial charge in [-0.2, -0.15) is 13.2 Å². The number of nitrogens with one attached hydrogen (secondary N) is 1. The molecule has 0 aliphatic heterocycles. The first-order valence-corrected chi connectivity index (χ1v) is 5.97. The third-order valence-electron chi connectivity index (χ3n) is 3.06. The number of hydrogen-bond donors (Lipinski definition) is 1. The molecular formula is C13H16F3N. The molecule has 1 N–H and O–H groups in total. The Labute approximate surface area is 99.0 Å². The lowest BCUT2D eigenvalue weighted by Crippen LogP contribution is -2.11. The predicted molar refractivity (Wildman–Crippen MR) is 62.2 cm³/mol. The summed E-state index contributed by atoms with van der Waals surface area (Å²) in [6.45, 7) is 0.373. The normalized spacial score (nSPS) is 14.8. The van der Waals surface area contributed by atoms with Crippen LogP contribution in [0.25, 0.3) is 0 Å². The second-order valence-electron chi connectivity index (χ2n) is 4.48. The average molecular weight is 243 g/mol. The first-order valence-electron chi connectivity index (χ1n) is 5.97. The number of aryl methyl sites for hydroxylation is 2. The van der Waals surface area contributed by atoms with Crippen molar-refractivity contribution in [3.05, 3.63) is 29.3 Å². The minimum absolute atomic E-state index is 0.126. The van der Waals surface area contributed by atoms with Crippen molar-refractivity contribution in [3.8, 4) is 0 Å². The van der Waals surface area contributed by atoms with Crippen LogP contribution in [0.15, 0.2) is 18.2 Å². The Balaban J connectivity index is 1.80. The largest absolute Gasteiger partial charge is 0.389 e. The second kappa shape index (κ2) is 4.98. The van der Waals surface area contributed by atoms with E-state index in [1.807, 2.05) is 6.07 Å². The van der Waals surface area contributed by atoms with E-state index in [-0.39, 0.29) is 6.42 Å². The average Bonchev–Trinajstić information content (AvgIpc) is 2.70. The van der Waals surface area contributed by atoms with Gasteiger partial charge in [-0.3, -0.25) is 0 Å². The third kappa shape index (κ3) is 3.65. The van der Waals surface area contributed by atoms with Gasteiger partial charge in [0.15, 0.2) is 0 Å². The van der Waals surface area contributed by atoms with Crippen molar-refractivity contribution in [2.75, 3.05) is 11.9 Å². The first-order chi connectivity index (χ1) is 8.04. The molecule has 0 spiro atoms. The van der Waals surface area contributed by atoms with Crippen LogP contribution in [-0.2, 0) is 12.8 Å². The summed E-state index contributed by atoms with van der Waals surface area (Å²) in [4.78, 5) is 0. The second-order valence-corrected chi connectivity index (χ2v) is 4.48. The molecule has 1 aromatic rings. The first kappa shape index (κ1) is 12.3. The van der Waals surface area contributed by atoms with Crippen LogP contribution in [0, 0.1) is 0 Å². The highest BCUT2D eigenvalue weighted by molar-refractivity contribution is 5.50. The lowest BCUT2D eigenvalue weighted by Gasteiger charge is -2.09. The number of rotatable bonds is 4. The molecule has 0 amide bonds. The fourth-order valence-electron chi connectivity index (χ4n) is 2.20. The van der Waals surface area contributed by atoms with Gasteiger partial charge in [-0.15, -0.1) is 0 Å². The van der Waals surface area contributed by atoms with E-state index in [0.717, 1.165) is 18.5 Å². The summed E-state index contributed by atoms with van der Waals surface area (Å²) in [6.07, 6.45) is -1.23. The molecule has 0 fully saturated rings. The van der Waals surface area contributed by atoms with Crippen LogP contribution in [0.2, 0.25) is 0 Å². The number of alkyl halides is 3. The van der Waals surface area contributed by atoms with Gasteiger partial charge in [0.1, 0.15) is 0 Å². The van der Waals surface area contributed by atoms with Crippen molar-refractivity contribution in [2.24, 2.45) is 0 Å². The number of anilines is 1. The van der Waals surface area contributed by atoms with Crippen molar-refractivity contribution in [3.63, 3.8) is 0 Å². The van der Waals surface area contributed by atoms with Gasteiger partial charge in [0.25, 0.3) is 0 Å². The Bertz CT molecular complexity index is 385. The Morgan fingerprint density at radius 1 is 1.12 bits per heavy atom. The van der Waals surface area contributed by atoms with Crippen LogP contribution in [0.3, 0.4) is 0 Å². The summed E-state index contributed by atoms with van der Waals surface area (Å²) in [5, 5.41) is 3.05. The summed E-state index contributed by atoms with van der Waals surface area (Å²) < 4.78 is 35.8. The van der Waals surface area contributed by atoms with Gasteiger partial charge < -0.3 is 5.32 Å². The van der Waals surface area contributed by atoms with Crippen LogP contribution in [-0.4, -0.2) is 12.7 Å². The maximum Gasteiger partial charge on any atom is 0.389 e. The van der Waals surface area contributed by atoms with Crippen molar-refractivity contribution >= 4 is 5.69 Å². The van der Waals surface area contributed by atoms with Crippen LogP contribution in [0.5, 0.6) is 0 Å². The zero-order valence-corrected chi connectivity index (χ0v) is 9.61. The third-order valence-corrected chi connectivity index (χ3v) is 3.06. The number of fused-ring (bicyclic) bond motifs is 1. The van der Waals surface area contributed by atoms with Gasteiger partial charge in [-0.1, -0.05) is 6.07 Å². The van der Waals surface area contributed by atoms with E-state index in [0.29, 0.717) is 6.54 Å². The molecule has 2 rings (SSSR count). The van der Waals surface area contributed by atoms with Crippen molar-refractivity contribution in [1.82, 2.24) is 0 Å². The number of benzene rings is 1. The van der Waals surface area contributed by atoms with E-state index < -0.39 is 12.6 Å². The molecule has 0 radical (unpaired) electrons. The van der Waals surface area contributed by atoms with Crippen LogP contribution in [0.4, 0.5) is 18.9 Å².